The van der Waals surface area contributed by atoms with Crippen molar-refractivity contribution in [2.45, 2.75) is 0 Å². The minimum absolute atomic E-state index is 0.00593. The molecule has 0 aliphatic heterocycles. The van der Waals surface area contributed by atoms with E-state index < -0.39 is 11.6 Å². The molecule has 0 unspecified atom stereocenters. The van der Waals surface area contributed by atoms with Crippen LogP contribution >= 0.6 is 0 Å². The number of halogens is 2. The van der Waals surface area contributed by atoms with Crippen LogP contribution in [0.3, 0.4) is 0 Å². The second kappa shape index (κ2) is 5.30. The Balaban J connectivity index is 2.31. The first kappa shape index (κ1) is 12.7. The van der Waals surface area contributed by atoms with Gasteiger partial charge in [-0.15, -0.1) is 0 Å². The smallest absolute Gasteiger partial charge is 0.220 e. The van der Waals surface area contributed by atoms with Crippen molar-refractivity contribution >= 4 is 5.84 Å². The Labute approximate surface area is 107 Å². The summed E-state index contributed by atoms with van der Waals surface area (Å²) in [5, 5.41) is 11.4. The highest BCUT2D eigenvalue weighted by Gasteiger charge is 2.08. The minimum atomic E-state index is -0.725. The Bertz CT molecular complexity index is 632. The van der Waals surface area contributed by atoms with E-state index in [0.717, 1.165) is 18.2 Å². The Morgan fingerprint density at radius 2 is 2.05 bits per heavy atom. The molecule has 0 aliphatic carbocycles. The molecular formula is C12H9F2N3O2. The van der Waals surface area contributed by atoms with Crippen molar-refractivity contribution in [3.05, 3.63) is 53.7 Å². The van der Waals surface area contributed by atoms with Crippen molar-refractivity contribution in [3.63, 3.8) is 0 Å². The van der Waals surface area contributed by atoms with Gasteiger partial charge in [0.2, 0.25) is 5.88 Å². The SMILES string of the molecule is NC(=NO)c1ccnc(Oc2cc(F)ccc2F)c1. The number of amidine groups is 1. The van der Waals surface area contributed by atoms with Gasteiger partial charge in [0.25, 0.3) is 0 Å². The Morgan fingerprint density at radius 3 is 2.79 bits per heavy atom. The molecule has 7 heteroatoms. The van der Waals surface area contributed by atoms with Gasteiger partial charge in [-0.25, -0.2) is 13.8 Å². The van der Waals surface area contributed by atoms with Gasteiger partial charge in [0.1, 0.15) is 5.82 Å². The molecular weight excluding hydrogens is 256 g/mol. The quantitative estimate of drug-likeness (QED) is 0.386. The van der Waals surface area contributed by atoms with Gasteiger partial charge in [0, 0.05) is 23.9 Å². The number of nitrogens with two attached hydrogens (primary N) is 1. The van der Waals surface area contributed by atoms with Crippen LogP contribution < -0.4 is 10.5 Å². The maximum Gasteiger partial charge on any atom is 0.220 e. The Kier molecular flexibility index (Phi) is 3.56. The summed E-state index contributed by atoms with van der Waals surface area (Å²) < 4.78 is 31.5. The molecule has 98 valence electrons. The summed E-state index contributed by atoms with van der Waals surface area (Å²) >= 11 is 0. The zero-order valence-corrected chi connectivity index (χ0v) is 9.55. The lowest BCUT2D eigenvalue weighted by molar-refractivity contribution is 0.318. The van der Waals surface area contributed by atoms with Gasteiger partial charge in [0.15, 0.2) is 17.4 Å². The first-order chi connectivity index (χ1) is 9.10. The normalized spacial score (nSPS) is 11.4. The van der Waals surface area contributed by atoms with E-state index in [-0.39, 0.29) is 17.5 Å². The summed E-state index contributed by atoms with van der Waals surface area (Å²) in [5.74, 6) is -1.81. The van der Waals surface area contributed by atoms with Gasteiger partial charge < -0.3 is 15.7 Å². The van der Waals surface area contributed by atoms with Gasteiger partial charge >= 0.3 is 0 Å². The van der Waals surface area contributed by atoms with Gasteiger partial charge in [-0.2, -0.15) is 0 Å². The summed E-state index contributed by atoms with van der Waals surface area (Å²) in [6.07, 6.45) is 1.33. The van der Waals surface area contributed by atoms with Crippen molar-refractivity contribution in [3.8, 4) is 11.6 Å². The van der Waals surface area contributed by atoms with Gasteiger partial charge in [-0.3, -0.25) is 0 Å². The number of oxime groups is 1. The van der Waals surface area contributed by atoms with E-state index >= 15 is 0 Å². The van der Waals surface area contributed by atoms with Crippen LogP contribution in [-0.2, 0) is 0 Å². The zero-order valence-electron chi connectivity index (χ0n) is 9.55. The van der Waals surface area contributed by atoms with E-state index in [1.165, 1.54) is 18.3 Å². The lowest BCUT2D eigenvalue weighted by atomic mass is 10.2. The van der Waals surface area contributed by atoms with Gasteiger partial charge in [-0.05, 0) is 18.2 Å². The van der Waals surface area contributed by atoms with Crippen molar-refractivity contribution in [2.24, 2.45) is 10.9 Å². The molecule has 0 saturated heterocycles. The predicted molar refractivity (Wildman–Crippen MR) is 63.2 cm³/mol. The van der Waals surface area contributed by atoms with E-state index in [1.54, 1.807) is 0 Å². The molecule has 0 atom stereocenters. The van der Waals surface area contributed by atoms with Crippen LogP contribution in [0.15, 0.2) is 41.7 Å². The molecule has 0 bridgehead atoms. The third-order valence-corrected chi connectivity index (χ3v) is 2.25. The molecule has 0 aliphatic rings. The number of ether oxygens (including phenoxy) is 1. The molecule has 2 rings (SSSR count). The fourth-order valence-electron chi connectivity index (χ4n) is 1.35. The summed E-state index contributed by atoms with van der Waals surface area (Å²) in [6, 6.07) is 5.62. The maximum absolute atomic E-state index is 13.4. The fraction of sp³-hybridized carbons (Fsp3) is 0. The first-order valence-corrected chi connectivity index (χ1v) is 5.17. The van der Waals surface area contributed by atoms with Crippen LogP contribution in [0.5, 0.6) is 11.6 Å². The van der Waals surface area contributed by atoms with Gasteiger partial charge in [-0.1, -0.05) is 5.16 Å². The predicted octanol–water partition coefficient (Wildman–Crippen LogP) is 2.25. The van der Waals surface area contributed by atoms with Crippen LogP contribution in [0.2, 0.25) is 0 Å². The van der Waals surface area contributed by atoms with E-state index in [2.05, 4.69) is 10.1 Å². The van der Waals surface area contributed by atoms with Gasteiger partial charge in [0.05, 0.1) is 0 Å². The lowest BCUT2D eigenvalue weighted by Crippen LogP contribution is -2.13. The number of benzene rings is 1. The number of hydrogen-bond acceptors (Lipinski definition) is 4. The highest BCUT2D eigenvalue weighted by Crippen LogP contribution is 2.24. The summed E-state index contributed by atoms with van der Waals surface area (Å²) in [4.78, 5) is 3.82. The number of aromatic nitrogens is 1. The van der Waals surface area contributed by atoms with Crippen molar-refractivity contribution in [1.82, 2.24) is 4.98 Å². The number of hydrogen-bond donors (Lipinski definition) is 2. The highest BCUT2D eigenvalue weighted by atomic mass is 19.1. The lowest BCUT2D eigenvalue weighted by Gasteiger charge is -2.07. The molecule has 19 heavy (non-hydrogen) atoms. The molecule has 0 fully saturated rings. The summed E-state index contributed by atoms with van der Waals surface area (Å²) in [7, 11) is 0. The zero-order chi connectivity index (χ0) is 13.8. The number of rotatable bonds is 3. The van der Waals surface area contributed by atoms with Crippen LogP contribution in [0, 0.1) is 11.6 Å². The third-order valence-electron chi connectivity index (χ3n) is 2.25. The molecule has 1 heterocycles. The Morgan fingerprint density at radius 1 is 1.26 bits per heavy atom. The second-order valence-corrected chi connectivity index (χ2v) is 3.54. The van der Waals surface area contributed by atoms with Crippen molar-refractivity contribution in [1.29, 1.82) is 0 Å². The minimum Gasteiger partial charge on any atom is -0.436 e. The van der Waals surface area contributed by atoms with Crippen LogP contribution in [0.4, 0.5) is 8.78 Å². The molecule has 1 aromatic carbocycles. The molecule has 0 saturated carbocycles. The average Bonchev–Trinajstić information content (AvgIpc) is 2.42. The third kappa shape index (κ3) is 2.95. The largest absolute Gasteiger partial charge is 0.436 e. The molecule has 2 aromatic rings. The molecule has 0 radical (unpaired) electrons. The van der Waals surface area contributed by atoms with Crippen LogP contribution in [0.25, 0.3) is 0 Å². The van der Waals surface area contributed by atoms with E-state index in [4.69, 9.17) is 15.7 Å². The number of pyridine rings is 1. The molecule has 0 amide bonds. The van der Waals surface area contributed by atoms with Crippen molar-refractivity contribution in [2.75, 3.05) is 0 Å². The van der Waals surface area contributed by atoms with E-state index in [0.29, 0.717) is 5.56 Å². The monoisotopic (exact) mass is 265 g/mol. The highest BCUT2D eigenvalue weighted by molar-refractivity contribution is 5.97. The Hall–Kier alpha value is -2.70. The standard InChI is InChI=1S/C12H9F2N3O2/c13-8-1-2-9(14)10(6-8)19-11-5-7(3-4-16-11)12(15)17-18/h1-6,18H,(H2,15,17). The molecule has 5 nitrogen and oxygen atoms in total. The van der Waals surface area contributed by atoms with Crippen LogP contribution in [-0.4, -0.2) is 16.0 Å². The maximum atomic E-state index is 13.4. The van der Waals surface area contributed by atoms with Crippen LogP contribution in [0.1, 0.15) is 5.56 Å². The summed E-state index contributed by atoms with van der Waals surface area (Å²) in [6.45, 7) is 0. The molecule has 0 spiro atoms. The molecule has 3 N–H and O–H groups in total. The first-order valence-electron chi connectivity index (χ1n) is 5.17. The van der Waals surface area contributed by atoms with E-state index in [1.807, 2.05) is 0 Å². The second-order valence-electron chi connectivity index (χ2n) is 3.54. The fourth-order valence-corrected chi connectivity index (χ4v) is 1.35. The van der Waals surface area contributed by atoms with Crippen molar-refractivity contribution < 1.29 is 18.7 Å². The molecule has 1 aromatic heterocycles. The number of nitrogens with zero attached hydrogens (tertiary/aromatic N) is 2. The topological polar surface area (TPSA) is 80.7 Å². The van der Waals surface area contributed by atoms with E-state index in [9.17, 15) is 8.78 Å². The average molecular weight is 265 g/mol. The summed E-state index contributed by atoms with van der Waals surface area (Å²) in [5.41, 5.74) is 5.73.